The van der Waals surface area contributed by atoms with Crippen molar-refractivity contribution in [2.24, 2.45) is 0 Å². The third kappa shape index (κ3) is 3.48. The highest BCUT2D eigenvalue weighted by atomic mass is 16.3. The normalized spacial score (nSPS) is 17.7. The molecule has 1 aliphatic rings. The van der Waals surface area contributed by atoms with Crippen LogP contribution in [0, 0.1) is 0 Å². The Hall–Kier alpha value is -1.65. The van der Waals surface area contributed by atoms with Crippen LogP contribution in [0.1, 0.15) is 42.7 Å². The lowest BCUT2D eigenvalue weighted by atomic mass is 9.80. The Morgan fingerprint density at radius 2 is 1.96 bits per heavy atom. The molecule has 1 N–H and O–H groups in total. The average molecular weight is 314 g/mol. The van der Waals surface area contributed by atoms with E-state index in [1.807, 2.05) is 30.3 Å². The molecule has 1 fully saturated rings. The number of benzene rings is 1. The van der Waals surface area contributed by atoms with Crippen molar-refractivity contribution in [3.8, 4) is 0 Å². The van der Waals surface area contributed by atoms with E-state index in [-0.39, 0.29) is 11.3 Å². The molecule has 0 unspecified atom stereocenters. The molecule has 0 atom stereocenters. The van der Waals surface area contributed by atoms with Crippen LogP contribution >= 0.6 is 0 Å². The Labute approximate surface area is 137 Å². The van der Waals surface area contributed by atoms with Crippen molar-refractivity contribution in [3.05, 3.63) is 36.1 Å². The van der Waals surface area contributed by atoms with Crippen LogP contribution in [0.2, 0.25) is 0 Å². The van der Waals surface area contributed by atoms with Gasteiger partial charge in [-0.2, -0.15) is 0 Å². The highest BCUT2D eigenvalue weighted by molar-refractivity contribution is 5.98. The first-order valence-electron chi connectivity index (χ1n) is 8.51. The lowest BCUT2D eigenvalue weighted by Gasteiger charge is -2.43. The van der Waals surface area contributed by atoms with Gasteiger partial charge in [-0.1, -0.05) is 37.5 Å². The van der Waals surface area contributed by atoms with Crippen LogP contribution in [0.4, 0.5) is 0 Å². The van der Waals surface area contributed by atoms with Gasteiger partial charge < -0.3 is 14.6 Å². The van der Waals surface area contributed by atoms with E-state index in [1.54, 1.807) is 0 Å². The largest absolute Gasteiger partial charge is 0.453 e. The van der Waals surface area contributed by atoms with Gasteiger partial charge in [0, 0.05) is 17.5 Å². The number of fused-ring (bicyclic) bond motifs is 1. The van der Waals surface area contributed by atoms with Crippen molar-refractivity contribution in [1.82, 2.24) is 10.2 Å². The predicted molar refractivity (Wildman–Crippen MR) is 92.9 cm³/mol. The minimum atomic E-state index is 0.0194. The number of furan rings is 1. The monoisotopic (exact) mass is 314 g/mol. The highest BCUT2D eigenvalue weighted by Crippen LogP contribution is 2.31. The Balaban J connectivity index is 1.60. The van der Waals surface area contributed by atoms with Gasteiger partial charge in [0.15, 0.2) is 5.76 Å². The van der Waals surface area contributed by atoms with E-state index in [0.29, 0.717) is 12.3 Å². The van der Waals surface area contributed by atoms with Crippen molar-refractivity contribution in [1.29, 1.82) is 0 Å². The van der Waals surface area contributed by atoms with Crippen LogP contribution < -0.4 is 5.32 Å². The van der Waals surface area contributed by atoms with Gasteiger partial charge in [-0.25, -0.2) is 0 Å². The second-order valence-corrected chi connectivity index (χ2v) is 6.85. The summed E-state index contributed by atoms with van der Waals surface area (Å²) in [5.74, 6) is 0.465. The summed E-state index contributed by atoms with van der Waals surface area (Å²) >= 11 is 0. The summed E-state index contributed by atoms with van der Waals surface area (Å²) in [5.41, 5.74) is 0.958. The fourth-order valence-corrected chi connectivity index (χ4v) is 3.61. The summed E-state index contributed by atoms with van der Waals surface area (Å²) < 4.78 is 5.64. The number of para-hydroxylation sites is 1. The number of Topliss-reactive ketones (excluding diaryl/α,β-unsaturated/α-hetero) is 1. The Morgan fingerprint density at radius 1 is 1.22 bits per heavy atom. The van der Waals surface area contributed by atoms with Crippen molar-refractivity contribution in [3.63, 3.8) is 0 Å². The number of nitrogens with zero attached hydrogens (tertiary/aromatic N) is 1. The first-order valence-corrected chi connectivity index (χ1v) is 8.51. The van der Waals surface area contributed by atoms with Crippen LogP contribution in [0.25, 0.3) is 11.0 Å². The van der Waals surface area contributed by atoms with E-state index < -0.39 is 0 Å². The number of likely N-dealkylation sites (N-methyl/N-ethyl adjacent to an activating group) is 1. The number of nitrogens with one attached hydrogen (secondary N) is 1. The molecule has 1 heterocycles. The molecule has 4 nitrogen and oxygen atoms in total. The molecule has 0 amide bonds. The maximum Gasteiger partial charge on any atom is 0.211 e. The van der Waals surface area contributed by atoms with E-state index in [4.69, 9.17) is 4.42 Å². The molecule has 0 bridgehead atoms. The Morgan fingerprint density at radius 3 is 2.65 bits per heavy atom. The van der Waals surface area contributed by atoms with Crippen molar-refractivity contribution < 1.29 is 9.21 Å². The Kier molecular flexibility index (Phi) is 4.83. The van der Waals surface area contributed by atoms with Crippen molar-refractivity contribution in [2.75, 3.05) is 27.2 Å². The molecule has 1 saturated carbocycles. The number of carbonyl (C=O) groups excluding carboxylic acids is 1. The molecule has 1 aromatic heterocycles. The second kappa shape index (κ2) is 6.85. The lowest BCUT2D eigenvalue weighted by Crippen LogP contribution is -2.53. The highest BCUT2D eigenvalue weighted by Gasteiger charge is 2.33. The zero-order chi connectivity index (χ0) is 16.3. The summed E-state index contributed by atoms with van der Waals surface area (Å²) in [6.45, 7) is 1.18. The van der Waals surface area contributed by atoms with Crippen LogP contribution in [-0.4, -0.2) is 43.4 Å². The average Bonchev–Trinajstić information content (AvgIpc) is 2.99. The fourth-order valence-electron chi connectivity index (χ4n) is 3.61. The van der Waals surface area contributed by atoms with Gasteiger partial charge in [0.25, 0.3) is 0 Å². The van der Waals surface area contributed by atoms with Gasteiger partial charge in [0.1, 0.15) is 5.58 Å². The molecular weight excluding hydrogens is 288 g/mol. The molecule has 4 heteroatoms. The summed E-state index contributed by atoms with van der Waals surface area (Å²) in [6, 6.07) is 9.56. The van der Waals surface area contributed by atoms with E-state index in [2.05, 4.69) is 24.3 Å². The third-order valence-corrected chi connectivity index (χ3v) is 5.17. The van der Waals surface area contributed by atoms with Gasteiger partial charge in [0.05, 0.1) is 6.54 Å². The molecule has 23 heavy (non-hydrogen) atoms. The topological polar surface area (TPSA) is 45.5 Å². The van der Waals surface area contributed by atoms with Crippen molar-refractivity contribution in [2.45, 2.75) is 37.6 Å². The second-order valence-electron chi connectivity index (χ2n) is 6.85. The third-order valence-electron chi connectivity index (χ3n) is 5.17. The van der Waals surface area contributed by atoms with E-state index in [1.165, 1.54) is 32.1 Å². The van der Waals surface area contributed by atoms with Gasteiger partial charge in [-0.3, -0.25) is 4.79 Å². The number of hydrogen-bond donors (Lipinski definition) is 1. The minimum absolute atomic E-state index is 0.0194. The van der Waals surface area contributed by atoms with Gasteiger partial charge in [-0.05, 0) is 39.1 Å². The number of hydrogen-bond acceptors (Lipinski definition) is 4. The molecular formula is C19H26N2O2. The first kappa shape index (κ1) is 16.2. The predicted octanol–water partition coefficient (Wildman–Crippen LogP) is 3.47. The quantitative estimate of drug-likeness (QED) is 0.829. The zero-order valence-electron chi connectivity index (χ0n) is 14.1. The van der Waals surface area contributed by atoms with Crippen LogP contribution in [0.5, 0.6) is 0 Å². The Bertz CT molecular complexity index is 636. The molecule has 1 aliphatic carbocycles. The summed E-state index contributed by atoms with van der Waals surface area (Å²) in [6.07, 6.45) is 6.28. The van der Waals surface area contributed by atoms with Crippen molar-refractivity contribution >= 4 is 16.8 Å². The number of carbonyl (C=O) groups is 1. The SMILES string of the molecule is CN(C)C1(CNCC(=O)c2cc3ccccc3o2)CCCCC1. The van der Waals surface area contributed by atoms with Crippen LogP contribution in [0.15, 0.2) is 34.7 Å². The van der Waals surface area contributed by atoms with Gasteiger partial charge >= 0.3 is 0 Å². The molecule has 0 saturated heterocycles. The van der Waals surface area contributed by atoms with E-state index in [9.17, 15) is 4.79 Å². The van der Waals surface area contributed by atoms with Crippen LogP contribution in [0.3, 0.4) is 0 Å². The molecule has 0 spiro atoms. The smallest absolute Gasteiger partial charge is 0.211 e. The minimum Gasteiger partial charge on any atom is -0.453 e. The maximum absolute atomic E-state index is 12.4. The molecule has 1 aromatic carbocycles. The van der Waals surface area contributed by atoms with Crippen LogP contribution in [-0.2, 0) is 0 Å². The maximum atomic E-state index is 12.4. The molecule has 2 aromatic rings. The zero-order valence-corrected chi connectivity index (χ0v) is 14.1. The van der Waals surface area contributed by atoms with Gasteiger partial charge in [-0.15, -0.1) is 0 Å². The first-order chi connectivity index (χ1) is 11.1. The fraction of sp³-hybridized carbons (Fsp3) is 0.526. The lowest BCUT2D eigenvalue weighted by molar-refractivity contribution is 0.0890. The summed E-state index contributed by atoms with van der Waals surface area (Å²) in [5, 5.41) is 4.35. The van der Waals surface area contributed by atoms with E-state index in [0.717, 1.165) is 17.5 Å². The molecule has 0 aliphatic heterocycles. The summed E-state index contributed by atoms with van der Waals surface area (Å²) in [7, 11) is 4.29. The number of rotatable bonds is 6. The number of ketones is 1. The standard InChI is InChI=1S/C19H26N2O2/c1-21(2)19(10-6-3-7-11-19)14-20-13-16(22)18-12-15-8-4-5-9-17(15)23-18/h4-5,8-9,12,20H,3,6-7,10-11,13-14H2,1-2H3. The molecule has 0 radical (unpaired) electrons. The molecule has 124 valence electrons. The summed E-state index contributed by atoms with van der Waals surface area (Å²) in [4.78, 5) is 14.7. The van der Waals surface area contributed by atoms with Gasteiger partial charge in [0.2, 0.25) is 5.78 Å². The molecule has 3 rings (SSSR count). The van der Waals surface area contributed by atoms with E-state index >= 15 is 0 Å².